The van der Waals surface area contributed by atoms with Crippen LogP contribution in [0.15, 0.2) is 18.2 Å². The van der Waals surface area contributed by atoms with E-state index in [1.807, 2.05) is 6.92 Å². The lowest BCUT2D eigenvalue weighted by Gasteiger charge is -2.18. The molecule has 17 heavy (non-hydrogen) atoms. The van der Waals surface area contributed by atoms with Crippen LogP contribution in [0.1, 0.15) is 42.9 Å². The van der Waals surface area contributed by atoms with Gasteiger partial charge >= 0.3 is 0 Å². The molecule has 0 saturated carbocycles. The number of hydrogen-bond donors (Lipinski definition) is 2. The number of aliphatic hydroxyl groups excluding tert-OH is 1. The molecule has 2 nitrogen and oxygen atoms in total. The zero-order valence-electron chi connectivity index (χ0n) is 10.7. The Morgan fingerprint density at radius 2 is 1.94 bits per heavy atom. The molecule has 2 heteroatoms. The minimum absolute atomic E-state index is 0.132. The van der Waals surface area contributed by atoms with Crippen molar-refractivity contribution >= 4 is 0 Å². The van der Waals surface area contributed by atoms with Gasteiger partial charge in [-0.1, -0.05) is 18.2 Å². The van der Waals surface area contributed by atoms with Crippen molar-refractivity contribution in [3.63, 3.8) is 0 Å². The second-order valence-electron chi connectivity index (χ2n) is 5.28. The summed E-state index contributed by atoms with van der Waals surface area (Å²) in [6, 6.07) is 6.66. The molecule has 0 amide bonds. The van der Waals surface area contributed by atoms with Gasteiger partial charge in [0.25, 0.3) is 0 Å². The minimum atomic E-state index is -0.383. The van der Waals surface area contributed by atoms with Gasteiger partial charge in [-0.05, 0) is 62.1 Å². The summed E-state index contributed by atoms with van der Waals surface area (Å²) in [6.07, 6.45) is 6.41. The lowest BCUT2D eigenvalue weighted by atomic mass is 9.89. The summed E-state index contributed by atoms with van der Waals surface area (Å²) >= 11 is 0. The summed E-state index contributed by atoms with van der Waals surface area (Å²) in [5, 5.41) is 9.70. The van der Waals surface area contributed by atoms with Crippen LogP contribution >= 0.6 is 0 Å². The minimum Gasteiger partial charge on any atom is -0.392 e. The van der Waals surface area contributed by atoms with Crippen molar-refractivity contribution in [1.29, 1.82) is 0 Å². The largest absolute Gasteiger partial charge is 0.392 e. The molecule has 1 aliphatic rings. The van der Waals surface area contributed by atoms with E-state index in [0.29, 0.717) is 0 Å². The van der Waals surface area contributed by atoms with Crippen LogP contribution in [0.2, 0.25) is 0 Å². The second-order valence-corrected chi connectivity index (χ2v) is 5.28. The van der Waals surface area contributed by atoms with E-state index in [1.54, 1.807) is 0 Å². The predicted molar refractivity (Wildman–Crippen MR) is 71.1 cm³/mol. The Morgan fingerprint density at radius 3 is 2.65 bits per heavy atom. The van der Waals surface area contributed by atoms with Crippen molar-refractivity contribution < 1.29 is 5.11 Å². The van der Waals surface area contributed by atoms with Gasteiger partial charge in [0.15, 0.2) is 0 Å². The maximum Gasteiger partial charge on any atom is 0.0691 e. The van der Waals surface area contributed by atoms with Gasteiger partial charge in [-0.15, -0.1) is 0 Å². The highest BCUT2D eigenvalue weighted by atomic mass is 16.3. The summed E-state index contributed by atoms with van der Waals surface area (Å²) in [5.74, 6) is 0. The van der Waals surface area contributed by atoms with Crippen LogP contribution in [-0.4, -0.2) is 17.3 Å². The van der Waals surface area contributed by atoms with Gasteiger partial charge in [-0.25, -0.2) is 0 Å². The summed E-state index contributed by atoms with van der Waals surface area (Å²) in [4.78, 5) is 0. The van der Waals surface area contributed by atoms with Crippen LogP contribution in [0.5, 0.6) is 0 Å². The molecule has 0 saturated heterocycles. The lowest BCUT2D eigenvalue weighted by Crippen LogP contribution is -2.31. The van der Waals surface area contributed by atoms with Crippen LogP contribution in [0, 0.1) is 0 Å². The zero-order valence-corrected chi connectivity index (χ0v) is 10.7. The van der Waals surface area contributed by atoms with Gasteiger partial charge in [0.1, 0.15) is 0 Å². The molecule has 0 heterocycles. The van der Waals surface area contributed by atoms with Crippen molar-refractivity contribution in [2.45, 2.75) is 57.6 Å². The van der Waals surface area contributed by atoms with Crippen molar-refractivity contribution in [2.24, 2.45) is 5.73 Å². The molecule has 0 aliphatic heterocycles. The molecule has 94 valence electrons. The fourth-order valence-electron chi connectivity index (χ4n) is 2.52. The van der Waals surface area contributed by atoms with E-state index < -0.39 is 0 Å². The standard InChI is InChI=1S/C15H23NO/c1-11(16)15(17)9-7-12-6-8-13-4-2-3-5-14(13)10-12/h6,8,10-11,15,17H,2-5,7,9,16H2,1H3. The molecular weight excluding hydrogens is 210 g/mol. The number of aryl methyl sites for hydroxylation is 3. The molecule has 0 aromatic heterocycles. The van der Waals surface area contributed by atoms with Crippen LogP contribution in [0.4, 0.5) is 0 Å². The topological polar surface area (TPSA) is 46.2 Å². The lowest BCUT2D eigenvalue weighted by molar-refractivity contribution is 0.141. The van der Waals surface area contributed by atoms with Crippen molar-refractivity contribution in [2.75, 3.05) is 0 Å². The number of aliphatic hydroxyl groups is 1. The molecule has 0 radical (unpaired) electrons. The van der Waals surface area contributed by atoms with Crippen molar-refractivity contribution in [3.8, 4) is 0 Å². The van der Waals surface area contributed by atoms with E-state index in [0.717, 1.165) is 12.8 Å². The Balaban J connectivity index is 1.97. The highest BCUT2D eigenvalue weighted by Crippen LogP contribution is 2.22. The molecular formula is C15H23NO. The summed E-state index contributed by atoms with van der Waals surface area (Å²) in [5.41, 5.74) is 10.0. The third-order valence-electron chi connectivity index (χ3n) is 3.75. The van der Waals surface area contributed by atoms with Gasteiger partial charge in [0.05, 0.1) is 6.10 Å². The molecule has 1 aromatic carbocycles. The molecule has 2 unspecified atom stereocenters. The Kier molecular flexibility index (Phi) is 4.19. The Bertz CT molecular complexity index is 373. The Hall–Kier alpha value is -0.860. The maximum absolute atomic E-state index is 9.70. The number of rotatable bonds is 4. The molecule has 0 fully saturated rings. The quantitative estimate of drug-likeness (QED) is 0.837. The number of nitrogens with two attached hydrogens (primary N) is 1. The van der Waals surface area contributed by atoms with Crippen LogP contribution < -0.4 is 5.73 Å². The number of benzene rings is 1. The SMILES string of the molecule is CC(N)C(O)CCc1ccc2c(c1)CCCC2. The predicted octanol–water partition coefficient (Wildman–Crippen LogP) is 2.21. The fourth-order valence-corrected chi connectivity index (χ4v) is 2.52. The fraction of sp³-hybridized carbons (Fsp3) is 0.600. The molecule has 2 atom stereocenters. The van der Waals surface area contributed by atoms with E-state index in [1.165, 1.54) is 42.4 Å². The normalized spacial score (nSPS) is 18.5. The molecule has 0 spiro atoms. The summed E-state index contributed by atoms with van der Waals surface area (Å²) in [6.45, 7) is 1.86. The van der Waals surface area contributed by atoms with Crippen LogP contribution in [0.3, 0.4) is 0 Å². The monoisotopic (exact) mass is 233 g/mol. The van der Waals surface area contributed by atoms with Gasteiger partial charge in [0.2, 0.25) is 0 Å². The van der Waals surface area contributed by atoms with E-state index in [4.69, 9.17) is 5.73 Å². The first kappa shape index (κ1) is 12.6. The first-order valence-electron chi connectivity index (χ1n) is 6.71. The van der Waals surface area contributed by atoms with E-state index in [9.17, 15) is 5.11 Å². The Labute approximate surface area is 104 Å². The van der Waals surface area contributed by atoms with Gasteiger partial charge in [-0.2, -0.15) is 0 Å². The van der Waals surface area contributed by atoms with Crippen molar-refractivity contribution in [1.82, 2.24) is 0 Å². The molecule has 2 rings (SSSR count). The van der Waals surface area contributed by atoms with E-state index >= 15 is 0 Å². The molecule has 0 bridgehead atoms. The number of fused-ring (bicyclic) bond motifs is 1. The third-order valence-corrected chi connectivity index (χ3v) is 3.75. The molecule has 3 N–H and O–H groups in total. The Morgan fingerprint density at radius 1 is 1.24 bits per heavy atom. The summed E-state index contributed by atoms with van der Waals surface area (Å²) in [7, 11) is 0. The molecule has 1 aromatic rings. The van der Waals surface area contributed by atoms with Crippen molar-refractivity contribution in [3.05, 3.63) is 34.9 Å². The van der Waals surface area contributed by atoms with Gasteiger partial charge < -0.3 is 10.8 Å². The second kappa shape index (κ2) is 5.65. The molecule has 1 aliphatic carbocycles. The third kappa shape index (κ3) is 3.30. The first-order chi connectivity index (χ1) is 8.16. The highest BCUT2D eigenvalue weighted by molar-refractivity contribution is 5.33. The average molecular weight is 233 g/mol. The summed E-state index contributed by atoms with van der Waals surface area (Å²) < 4.78 is 0. The van der Waals surface area contributed by atoms with Crippen LogP contribution in [-0.2, 0) is 19.3 Å². The average Bonchev–Trinajstić information content (AvgIpc) is 2.35. The van der Waals surface area contributed by atoms with E-state index in [-0.39, 0.29) is 12.1 Å². The van der Waals surface area contributed by atoms with Gasteiger partial charge in [-0.3, -0.25) is 0 Å². The zero-order chi connectivity index (χ0) is 12.3. The van der Waals surface area contributed by atoms with Gasteiger partial charge in [0, 0.05) is 6.04 Å². The van der Waals surface area contributed by atoms with E-state index in [2.05, 4.69) is 18.2 Å². The maximum atomic E-state index is 9.70. The number of hydrogen-bond acceptors (Lipinski definition) is 2. The highest BCUT2D eigenvalue weighted by Gasteiger charge is 2.12. The van der Waals surface area contributed by atoms with Crippen LogP contribution in [0.25, 0.3) is 0 Å². The smallest absolute Gasteiger partial charge is 0.0691 e. The first-order valence-corrected chi connectivity index (χ1v) is 6.71.